The van der Waals surface area contributed by atoms with Crippen LogP contribution in [0.15, 0.2) is 23.1 Å². The second-order valence-corrected chi connectivity index (χ2v) is 5.83. The monoisotopic (exact) mass is 263 g/mol. The molecule has 1 fully saturated rings. The zero-order valence-corrected chi connectivity index (χ0v) is 11.0. The summed E-state index contributed by atoms with van der Waals surface area (Å²) < 4.78 is 0. The second-order valence-electron chi connectivity index (χ2n) is 4.81. The van der Waals surface area contributed by atoms with Crippen LogP contribution in [0.4, 0.5) is 11.4 Å². The third kappa shape index (κ3) is 2.20. The number of nitrogens with zero attached hydrogens (tertiary/aromatic N) is 1. The van der Waals surface area contributed by atoms with Gasteiger partial charge in [-0.3, -0.25) is 4.79 Å². The molecule has 0 saturated carbocycles. The normalized spacial score (nSPS) is 23.2. The van der Waals surface area contributed by atoms with Crippen LogP contribution in [0.25, 0.3) is 0 Å². The summed E-state index contributed by atoms with van der Waals surface area (Å²) in [6.45, 7) is 1.82. The Morgan fingerprint density at radius 3 is 3.17 bits per heavy atom. The Kier molecular flexibility index (Phi) is 3.18. The summed E-state index contributed by atoms with van der Waals surface area (Å²) in [5.41, 5.74) is 7.53. The van der Waals surface area contributed by atoms with Gasteiger partial charge in [-0.25, -0.2) is 0 Å². The third-order valence-corrected chi connectivity index (χ3v) is 4.54. The minimum Gasteiger partial charge on any atom is -0.399 e. The number of benzene rings is 1. The lowest BCUT2D eigenvalue weighted by atomic mass is 10.2. The number of hydrogen-bond acceptors (Lipinski definition) is 4. The molecule has 2 aliphatic rings. The van der Waals surface area contributed by atoms with E-state index in [1.807, 2.05) is 23.1 Å². The molecule has 5 heteroatoms. The highest BCUT2D eigenvalue weighted by molar-refractivity contribution is 8.00. The number of rotatable bonds is 2. The van der Waals surface area contributed by atoms with E-state index >= 15 is 0 Å². The summed E-state index contributed by atoms with van der Waals surface area (Å²) in [5.74, 6) is 0.718. The van der Waals surface area contributed by atoms with Gasteiger partial charge in [0.05, 0.1) is 11.4 Å². The molecule has 1 unspecified atom stereocenters. The fraction of sp³-hybridized carbons (Fsp3) is 0.462. The van der Waals surface area contributed by atoms with Crippen LogP contribution in [-0.2, 0) is 4.79 Å². The van der Waals surface area contributed by atoms with Crippen molar-refractivity contribution in [3.63, 3.8) is 0 Å². The van der Waals surface area contributed by atoms with Crippen LogP contribution in [0.2, 0.25) is 0 Å². The first-order chi connectivity index (χ1) is 8.74. The van der Waals surface area contributed by atoms with Gasteiger partial charge in [-0.15, -0.1) is 11.8 Å². The van der Waals surface area contributed by atoms with Gasteiger partial charge in [-0.2, -0.15) is 0 Å². The van der Waals surface area contributed by atoms with Gasteiger partial charge in [0.25, 0.3) is 0 Å². The molecule has 0 bridgehead atoms. The van der Waals surface area contributed by atoms with Gasteiger partial charge in [-0.05, 0) is 37.6 Å². The van der Waals surface area contributed by atoms with Gasteiger partial charge in [0.15, 0.2) is 0 Å². The van der Waals surface area contributed by atoms with Crippen molar-refractivity contribution >= 4 is 29.0 Å². The maximum atomic E-state index is 12.1. The smallest absolute Gasteiger partial charge is 0.237 e. The van der Waals surface area contributed by atoms with Crippen molar-refractivity contribution in [2.24, 2.45) is 0 Å². The van der Waals surface area contributed by atoms with Crippen molar-refractivity contribution < 1.29 is 4.79 Å². The van der Waals surface area contributed by atoms with E-state index in [2.05, 4.69) is 5.32 Å². The molecule has 2 heterocycles. The van der Waals surface area contributed by atoms with Crippen LogP contribution in [0.5, 0.6) is 0 Å². The number of thioether (sulfide) groups is 1. The molecule has 3 N–H and O–H groups in total. The van der Waals surface area contributed by atoms with E-state index in [0.29, 0.717) is 17.5 Å². The van der Waals surface area contributed by atoms with Gasteiger partial charge in [0, 0.05) is 23.2 Å². The number of anilines is 2. The van der Waals surface area contributed by atoms with Crippen LogP contribution >= 0.6 is 11.8 Å². The predicted molar refractivity (Wildman–Crippen MR) is 75.0 cm³/mol. The first-order valence-electron chi connectivity index (χ1n) is 6.30. The molecule has 0 aromatic heterocycles. The average molecular weight is 263 g/mol. The van der Waals surface area contributed by atoms with Crippen molar-refractivity contribution in [3.05, 3.63) is 18.2 Å². The summed E-state index contributed by atoms with van der Waals surface area (Å²) >= 11 is 1.60. The van der Waals surface area contributed by atoms with E-state index in [1.54, 1.807) is 11.8 Å². The Labute approximate surface area is 111 Å². The fourth-order valence-corrected chi connectivity index (χ4v) is 3.47. The zero-order chi connectivity index (χ0) is 12.5. The fourth-order valence-electron chi connectivity index (χ4n) is 2.55. The summed E-state index contributed by atoms with van der Waals surface area (Å²) in [6.07, 6.45) is 2.35. The SMILES string of the molecule is Nc1ccc2c(c1)N(CC1CCCN1)C(=O)CS2. The molecule has 1 amide bonds. The maximum Gasteiger partial charge on any atom is 0.237 e. The van der Waals surface area contributed by atoms with E-state index in [-0.39, 0.29) is 5.91 Å². The molecule has 1 aromatic carbocycles. The summed E-state index contributed by atoms with van der Waals surface area (Å²) in [6, 6.07) is 6.24. The molecule has 0 aliphatic carbocycles. The van der Waals surface area contributed by atoms with Crippen molar-refractivity contribution in [1.29, 1.82) is 0 Å². The lowest BCUT2D eigenvalue weighted by molar-refractivity contribution is -0.116. The summed E-state index contributed by atoms with van der Waals surface area (Å²) in [7, 11) is 0. The van der Waals surface area contributed by atoms with Gasteiger partial charge in [-0.1, -0.05) is 0 Å². The molecule has 18 heavy (non-hydrogen) atoms. The highest BCUT2D eigenvalue weighted by Gasteiger charge is 2.28. The number of amides is 1. The minimum atomic E-state index is 0.187. The van der Waals surface area contributed by atoms with E-state index in [9.17, 15) is 4.79 Å². The molecule has 1 atom stereocenters. The topological polar surface area (TPSA) is 58.4 Å². The molecule has 1 aromatic rings. The second kappa shape index (κ2) is 4.82. The summed E-state index contributed by atoms with van der Waals surface area (Å²) in [4.78, 5) is 15.1. The number of nitrogen functional groups attached to an aromatic ring is 1. The van der Waals surface area contributed by atoms with E-state index in [1.165, 1.54) is 6.42 Å². The Balaban J connectivity index is 1.88. The zero-order valence-electron chi connectivity index (χ0n) is 10.2. The molecule has 3 rings (SSSR count). The first kappa shape index (κ1) is 11.9. The molecular weight excluding hydrogens is 246 g/mol. The standard InChI is InChI=1S/C13H17N3OS/c14-9-3-4-12-11(6-9)16(13(17)8-18-12)7-10-2-1-5-15-10/h3-4,6,10,15H,1-2,5,7-8,14H2. The predicted octanol–water partition coefficient (Wildman–Crippen LogP) is 1.46. The number of carbonyl (C=O) groups excluding carboxylic acids is 1. The molecule has 0 radical (unpaired) electrons. The van der Waals surface area contributed by atoms with Crippen LogP contribution in [0.3, 0.4) is 0 Å². The minimum absolute atomic E-state index is 0.187. The van der Waals surface area contributed by atoms with Crippen LogP contribution in [-0.4, -0.2) is 30.8 Å². The van der Waals surface area contributed by atoms with E-state index in [0.717, 1.165) is 30.1 Å². The number of fused-ring (bicyclic) bond motifs is 1. The number of carbonyl (C=O) groups is 1. The highest BCUT2D eigenvalue weighted by atomic mass is 32.2. The Bertz CT molecular complexity index is 471. The molecule has 4 nitrogen and oxygen atoms in total. The van der Waals surface area contributed by atoms with E-state index < -0.39 is 0 Å². The van der Waals surface area contributed by atoms with Crippen molar-refractivity contribution in [3.8, 4) is 0 Å². The quantitative estimate of drug-likeness (QED) is 0.793. The van der Waals surface area contributed by atoms with Crippen molar-refractivity contribution in [1.82, 2.24) is 5.32 Å². The Morgan fingerprint density at radius 2 is 2.39 bits per heavy atom. The van der Waals surface area contributed by atoms with Crippen LogP contribution in [0.1, 0.15) is 12.8 Å². The molecule has 0 spiro atoms. The van der Waals surface area contributed by atoms with Gasteiger partial charge in [0.1, 0.15) is 0 Å². The Morgan fingerprint density at radius 1 is 1.50 bits per heavy atom. The van der Waals surface area contributed by atoms with Crippen molar-refractivity contribution in [2.75, 3.05) is 29.5 Å². The molecule has 2 aliphatic heterocycles. The largest absolute Gasteiger partial charge is 0.399 e. The van der Waals surface area contributed by atoms with E-state index in [4.69, 9.17) is 5.73 Å². The van der Waals surface area contributed by atoms with Gasteiger partial charge >= 0.3 is 0 Å². The first-order valence-corrected chi connectivity index (χ1v) is 7.28. The number of nitrogens with two attached hydrogens (primary N) is 1. The number of nitrogens with one attached hydrogen (secondary N) is 1. The maximum absolute atomic E-state index is 12.1. The lowest BCUT2D eigenvalue weighted by Gasteiger charge is -2.31. The van der Waals surface area contributed by atoms with Gasteiger partial charge in [0.2, 0.25) is 5.91 Å². The third-order valence-electron chi connectivity index (χ3n) is 3.49. The molecule has 96 valence electrons. The number of hydrogen-bond donors (Lipinski definition) is 2. The molecule has 1 saturated heterocycles. The van der Waals surface area contributed by atoms with Crippen molar-refractivity contribution in [2.45, 2.75) is 23.8 Å². The average Bonchev–Trinajstić information content (AvgIpc) is 2.86. The molecular formula is C13H17N3OS. The Hall–Kier alpha value is -1.20. The highest BCUT2D eigenvalue weighted by Crippen LogP contribution is 2.36. The lowest BCUT2D eigenvalue weighted by Crippen LogP contribution is -2.43. The van der Waals surface area contributed by atoms with Crippen LogP contribution < -0.4 is 16.0 Å². The van der Waals surface area contributed by atoms with Gasteiger partial charge < -0.3 is 16.0 Å². The summed E-state index contributed by atoms with van der Waals surface area (Å²) in [5, 5.41) is 3.44. The van der Waals surface area contributed by atoms with Crippen LogP contribution in [0, 0.1) is 0 Å².